The molecule has 20 heavy (non-hydrogen) atoms. The van der Waals surface area contributed by atoms with Crippen LogP contribution in [0.3, 0.4) is 0 Å². The predicted octanol–water partition coefficient (Wildman–Crippen LogP) is 1.47. The molecule has 0 spiro atoms. The van der Waals surface area contributed by atoms with Crippen LogP contribution in [-0.4, -0.2) is 45.1 Å². The van der Waals surface area contributed by atoms with E-state index in [1.807, 2.05) is 13.0 Å². The van der Waals surface area contributed by atoms with Gasteiger partial charge in [-0.3, -0.25) is 9.89 Å². The molecule has 1 fully saturated rings. The van der Waals surface area contributed by atoms with Crippen molar-refractivity contribution in [2.75, 3.05) is 18.4 Å². The van der Waals surface area contributed by atoms with Gasteiger partial charge in [-0.15, -0.1) is 0 Å². The zero-order chi connectivity index (χ0) is 14.1. The van der Waals surface area contributed by atoms with Crippen LogP contribution < -0.4 is 5.32 Å². The van der Waals surface area contributed by atoms with E-state index in [-0.39, 0.29) is 11.9 Å². The van der Waals surface area contributed by atoms with E-state index >= 15 is 0 Å². The lowest BCUT2D eigenvalue weighted by molar-refractivity contribution is -0.125. The summed E-state index contributed by atoms with van der Waals surface area (Å²) in [5.41, 5.74) is 1.91. The van der Waals surface area contributed by atoms with E-state index in [2.05, 4.69) is 27.1 Å². The standard InChI is InChI=1S/C14H17N5O/c1-3-11(20)19-7-5-10(8-19)16-14-12-9(2)4-6-15-13(12)17-18-14/h3-4,6,10H,1,5,7-8H2,2H3,(H2,15,16,17,18)/t10-/m1/s1. The number of carbonyl (C=O) groups excluding carboxylic acids is 1. The van der Waals surface area contributed by atoms with E-state index in [0.29, 0.717) is 6.54 Å². The second-order valence-electron chi connectivity index (χ2n) is 5.04. The molecule has 104 valence electrons. The second-order valence-corrected chi connectivity index (χ2v) is 5.04. The lowest BCUT2D eigenvalue weighted by Crippen LogP contribution is -2.30. The number of H-pyrrole nitrogens is 1. The van der Waals surface area contributed by atoms with Gasteiger partial charge in [-0.2, -0.15) is 5.10 Å². The van der Waals surface area contributed by atoms with Crippen LogP contribution in [0.15, 0.2) is 24.9 Å². The van der Waals surface area contributed by atoms with Crippen LogP contribution in [0, 0.1) is 6.92 Å². The van der Waals surface area contributed by atoms with E-state index in [1.165, 1.54) is 6.08 Å². The fourth-order valence-corrected chi connectivity index (χ4v) is 2.61. The molecule has 1 aliphatic heterocycles. The summed E-state index contributed by atoms with van der Waals surface area (Å²) in [4.78, 5) is 17.6. The Balaban J connectivity index is 1.78. The van der Waals surface area contributed by atoms with Crippen LogP contribution in [0.4, 0.5) is 5.82 Å². The van der Waals surface area contributed by atoms with Gasteiger partial charge in [0.2, 0.25) is 5.91 Å². The molecule has 0 radical (unpaired) electrons. The number of aromatic nitrogens is 3. The van der Waals surface area contributed by atoms with Crippen LogP contribution in [0.25, 0.3) is 11.0 Å². The van der Waals surface area contributed by atoms with Crippen LogP contribution in [-0.2, 0) is 4.79 Å². The fraction of sp³-hybridized carbons (Fsp3) is 0.357. The summed E-state index contributed by atoms with van der Waals surface area (Å²) in [7, 11) is 0. The summed E-state index contributed by atoms with van der Waals surface area (Å²) in [6.07, 6.45) is 4.04. The minimum absolute atomic E-state index is 0.0148. The highest BCUT2D eigenvalue weighted by atomic mass is 16.2. The van der Waals surface area contributed by atoms with E-state index in [4.69, 9.17) is 0 Å². The van der Waals surface area contributed by atoms with Crippen molar-refractivity contribution in [2.24, 2.45) is 0 Å². The number of carbonyl (C=O) groups is 1. The Kier molecular flexibility index (Phi) is 3.14. The molecule has 1 atom stereocenters. The first-order chi connectivity index (χ1) is 9.69. The van der Waals surface area contributed by atoms with E-state index < -0.39 is 0 Å². The number of fused-ring (bicyclic) bond motifs is 1. The first kappa shape index (κ1) is 12.7. The van der Waals surface area contributed by atoms with Crippen LogP contribution in [0.5, 0.6) is 0 Å². The summed E-state index contributed by atoms with van der Waals surface area (Å²) < 4.78 is 0. The van der Waals surface area contributed by atoms with Gasteiger partial charge in [0.1, 0.15) is 0 Å². The molecule has 0 unspecified atom stereocenters. The van der Waals surface area contributed by atoms with Gasteiger partial charge < -0.3 is 10.2 Å². The van der Waals surface area contributed by atoms with E-state index in [9.17, 15) is 4.79 Å². The Morgan fingerprint density at radius 1 is 1.65 bits per heavy atom. The average Bonchev–Trinajstić information content (AvgIpc) is 3.07. The summed E-state index contributed by atoms with van der Waals surface area (Å²) in [5.74, 6) is 0.794. The molecule has 1 saturated heterocycles. The predicted molar refractivity (Wildman–Crippen MR) is 77.4 cm³/mol. The molecule has 3 rings (SSSR count). The van der Waals surface area contributed by atoms with Crippen molar-refractivity contribution in [3.8, 4) is 0 Å². The quantitative estimate of drug-likeness (QED) is 0.829. The normalized spacial score (nSPS) is 18.4. The number of pyridine rings is 1. The SMILES string of the molecule is C=CC(=O)N1CC[C@@H](Nc2n[nH]c3nccc(C)c23)C1. The van der Waals surface area contributed by atoms with Crippen molar-refractivity contribution < 1.29 is 4.79 Å². The first-order valence-corrected chi connectivity index (χ1v) is 6.66. The number of hydrogen-bond acceptors (Lipinski definition) is 4. The van der Waals surface area contributed by atoms with Crippen molar-refractivity contribution in [1.29, 1.82) is 0 Å². The molecule has 3 heterocycles. The molecule has 6 nitrogen and oxygen atoms in total. The smallest absolute Gasteiger partial charge is 0.246 e. The molecule has 0 aromatic carbocycles. The third-order valence-corrected chi connectivity index (χ3v) is 3.69. The number of nitrogens with zero attached hydrogens (tertiary/aromatic N) is 3. The van der Waals surface area contributed by atoms with Gasteiger partial charge >= 0.3 is 0 Å². The molecular weight excluding hydrogens is 254 g/mol. The summed E-state index contributed by atoms with van der Waals surface area (Å²) in [6.45, 7) is 6.99. The van der Waals surface area contributed by atoms with Gasteiger partial charge in [0.25, 0.3) is 0 Å². The number of amides is 1. The molecule has 1 aliphatic rings. The zero-order valence-corrected chi connectivity index (χ0v) is 11.4. The summed E-state index contributed by atoms with van der Waals surface area (Å²) in [5, 5.41) is 11.6. The minimum atomic E-state index is -0.0148. The van der Waals surface area contributed by atoms with Crippen molar-refractivity contribution in [3.63, 3.8) is 0 Å². The molecule has 6 heteroatoms. The highest BCUT2D eigenvalue weighted by Gasteiger charge is 2.25. The van der Waals surface area contributed by atoms with Gasteiger partial charge in [-0.1, -0.05) is 6.58 Å². The van der Waals surface area contributed by atoms with Crippen molar-refractivity contribution in [2.45, 2.75) is 19.4 Å². The van der Waals surface area contributed by atoms with Gasteiger partial charge in [0.05, 0.1) is 5.39 Å². The zero-order valence-electron chi connectivity index (χ0n) is 11.4. The molecule has 0 aliphatic carbocycles. The van der Waals surface area contributed by atoms with Crippen molar-refractivity contribution >= 4 is 22.8 Å². The van der Waals surface area contributed by atoms with Crippen molar-refractivity contribution in [1.82, 2.24) is 20.1 Å². The number of aromatic amines is 1. The summed E-state index contributed by atoms with van der Waals surface area (Å²) in [6, 6.07) is 2.18. The fourth-order valence-electron chi connectivity index (χ4n) is 2.61. The van der Waals surface area contributed by atoms with Gasteiger partial charge in [-0.25, -0.2) is 4.98 Å². The lowest BCUT2D eigenvalue weighted by atomic mass is 10.2. The molecule has 2 N–H and O–H groups in total. The van der Waals surface area contributed by atoms with Gasteiger partial charge in [-0.05, 0) is 31.1 Å². The average molecular weight is 271 g/mol. The van der Waals surface area contributed by atoms with Gasteiger partial charge in [0.15, 0.2) is 11.5 Å². The molecule has 0 saturated carbocycles. The van der Waals surface area contributed by atoms with Crippen LogP contribution in [0.2, 0.25) is 0 Å². The van der Waals surface area contributed by atoms with Crippen LogP contribution in [0.1, 0.15) is 12.0 Å². The molecule has 2 aromatic heterocycles. The second kappa shape index (κ2) is 4.96. The Labute approximate surface area is 116 Å². The Morgan fingerprint density at radius 3 is 3.30 bits per heavy atom. The maximum atomic E-state index is 11.6. The summed E-state index contributed by atoms with van der Waals surface area (Å²) >= 11 is 0. The number of hydrogen-bond donors (Lipinski definition) is 2. The molecule has 1 amide bonds. The minimum Gasteiger partial charge on any atom is -0.363 e. The first-order valence-electron chi connectivity index (χ1n) is 6.66. The lowest BCUT2D eigenvalue weighted by Gasteiger charge is -2.15. The van der Waals surface area contributed by atoms with E-state index in [1.54, 1.807) is 11.1 Å². The Morgan fingerprint density at radius 2 is 2.50 bits per heavy atom. The maximum absolute atomic E-state index is 11.6. The number of anilines is 1. The number of aryl methyl sites for hydroxylation is 1. The Bertz CT molecular complexity index is 663. The third kappa shape index (κ3) is 2.13. The number of likely N-dealkylation sites (tertiary alicyclic amines) is 1. The van der Waals surface area contributed by atoms with Gasteiger partial charge in [0, 0.05) is 25.3 Å². The van der Waals surface area contributed by atoms with Crippen molar-refractivity contribution in [3.05, 3.63) is 30.5 Å². The molecular formula is C14H17N5O. The monoisotopic (exact) mass is 271 g/mol. The Hall–Kier alpha value is -2.37. The largest absolute Gasteiger partial charge is 0.363 e. The topological polar surface area (TPSA) is 73.9 Å². The molecule has 0 bridgehead atoms. The molecule has 2 aromatic rings. The number of nitrogens with one attached hydrogen (secondary N) is 2. The van der Waals surface area contributed by atoms with E-state index in [0.717, 1.165) is 35.4 Å². The maximum Gasteiger partial charge on any atom is 0.246 e. The highest BCUT2D eigenvalue weighted by molar-refractivity contribution is 5.90. The third-order valence-electron chi connectivity index (χ3n) is 3.69. The van der Waals surface area contributed by atoms with Crippen LogP contribution >= 0.6 is 0 Å². The number of rotatable bonds is 3. The highest BCUT2D eigenvalue weighted by Crippen LogP contribution is 2.24.